The summed E-state index contributed by atoms with van der Waals surface area (Å²) in [6, 6.07) is 0. The highest BCUT2D eigenvalue weighted by Gasteiger charge is 2.14. The predicted molar refractivity (Wildman–Crippen MR) is 56.4 cm³/mol. The standard InChI is InChI=1S/C9H13ClN2S/c10-8-6-13-9(12-8)5-7-1-3-11-4-2-7/h6-7,11H,1-5H2. The third kappa shape index (κ3) is 2.66. The van der Waals surface area contributed by atoms with E-state index in [1.54, 1.807) is 11.3 Å². The van der Waals surface area contributed by atoms with Crippen molar-refractivity contribution in [2.75, 3.05) is 13.1 Å². The van der Waals surface area contributed by atoms with Crippen molar-refractivity contribution in [3.63, 3.8) is 0 Å². The fourth-order valence-electron chi connectivity index (χ4n) is 1.72. The van der Waals surface area contributed by atoms with Gasteiger partial charge in [-0.15, -0.1) is 11.3 Å². The Hall–Kier alpha value is -0.120. The van der Waals surface area contributed by atoms with Gasteiger partial charge < -0.3 is 5.32 Å². The normalized spacial score (nSPS) is 19.2. The Labute approximate surface area is 87.3 Å². The summed E-state index contributed by atoms with van der Waals surface area (Å²) in [5.74, 6) is 0.809. The lowest BCUT2D eigenvalue weighted by Crippen LogP contribution is -2.28. The van der Waals surface area contributed by atoms with E-state index in [1.807, 2.05) is 5.38 Å². The van der Waals surface area contributed by atoms with Gasteiger partial charge in [0.2, 0.25) is 0 Å². The molecular formula is C9H13ClN2S. The summed E-state index contributed by atoms with van der Waals surface area (Å²) in [5.41, 5.74) is 0. The molecule has 0 spiro atoms. The lowest BCUT2D eigenvalue weighted by molar-refractivity contribution is 0.372. The lowest BCUT2D eigenvalue weighted by Gasteiger charge is -2.21. The summed E-state index contributed by atoms with van der Waals surface area (Å²) in [6.45, 7) is 2.31. The van der Waals surface area contributed by atoms with Gasteiger partial charge in [-0.1, -0.05) is 11.6 Å². The zero-order chi connectivity index (χ0) is 9.10. The van der Waals surface area contributed by atoms with E-state index in [-0.39, 0.29) is 0 Å². The topological polar surface area (TPSA) is 24.9 Å². The summed E-state index contributed by atoms with van der Waals surface area (Å²) in [4.78, 5) is 4.27. The summed E-state index contributed by atoms with van der Waals surface area (Å²) in [6.07, 6.45) is 3.66. The Morgan fingerprint density at radius 2 is 2.31 bits per heavy atom. The van der Waals surface area contributed by atoms with Crippen LogP contribution in [0.5, 0.6) is 0 Å². The van der Waals surface area contributed by atoms with Crippen molar-refractivity contribution in [1.29, 1.82) is 0 Å². The number of nitrogens with zero attached hydrogens (tertiary/aromatic N) is 1. The van der Waals surface area contributed by atoms with Gasteiger partial charge in [-0.2, -0.15) is 0 Å². The Bertz CT molecular complexity index is 268. The summed E-state index contributed by atoms with van der Waals surface area (Å²) < 4.78 is 0. The largest absolute Gasteiger partial charge is 0.317 e. The number of nitrogens with one attached hydrogen (secondary N) is 1. The van der Waals surface area contributed by atoms with E-state index >= 15 is 0 Å². The van der Waals surface area contributed by atoms with Gasteiger partial charge in [-0.05, 0) is 31.8 Å². The molecule has 1 N–H and O–H groups in total. The highest BCUT2D eigenvalue weighted by atomic mass is 35.5. The molecule has 2 rings (SSSR count). The van der Waals surface area contributed by atoms with Crippen LogP contribution in [0.4, 0.5) is 0 Å². The number of hydrogen-bond acceptors (Lipinski definition) is 3. The minimum absolute atomic E-state index is 0.647. The first-order chi connectivity index (χ1) is 6.34. The number of rotatable bonds is 2. The molecule has 0 bridgehead atoms. The molecule has 72 valence electrons. The smallest absolute Gasteiger partial charge is 0.140 e. The second-order valence-electron chi connectivity index (χ2n) is 3.46. The van der Waals surface area contributed by atoms with E-state index in [0.717, 1.165) is 25.4 Å². The molecular weight excluding hydrogens is 204 g/mol. The van der Waals surface area contributed by atoms with Gasteiger partial charge in [0, 0.05) is 11.8 Å². The van der Waals surface area contributed by atoms with Gasteiger partial charge in [-0.3, -0.25) is 0 Å². The third-order valence-electron chi connectivity index (χ3n) is 2.45. The fraction of sp³-hybridized carbons (Fsp3) is 0.667. The van der Waals surface area contributed by atoms with Crippen molar-refractivity contribution < 1.29 is 0 Å². The molecule has 13 heavy (non-hydrogen) atoms. The van der Waals surface area contributed by atoms with Gasteiger partial charge >= 0.3 is 0 Å². The average Bonchev–Trinajstić information content (AvgIpc) is 2.53. The summed E-state index contributed by atoms with van der Waals surface area (Å²) in [5, 5.41) is 7.12. The minimum Gasteiger partial charge on any atom is -0.317 e. The monoisotopic (exact) mass is 216 g/mol. The van der Waals surface area contributed by atoms with Gasteiger partial charge in [0.25, 0.3) is 0 Å². The Kier molecular flexibility index (Phi) is 3.19. The molecule has 1 fully saturated rings. The molecule has 1 saturated heterocycles. The van der Waals surface area contributed by atoms with Crippen LogP contribution in [0.15, 0.2) is 5.38 Å². The molecule has 0 aromatic carbocycles. The van der Waals surface area contributed by atoms with Crippen LogP contribution in [0.1, 0.15) is 17.8 Å². The van der Waals surface area contributed by atoms with Crippen LogP contribution in [0.2, 0.25) is 5.15 Å². The molecule has 1 aliphatic rings. The Morgan fingerprint density at radius 3 is 2.92 bits per heavy atom. The first-order valence-electron chi connectivity index (χ1n) is 4.65. The fourth-order valence-corrected chi connectivity index (χ4v) is 2.77. The molecule has 2 nitrogen and oxygen atoms in total. The maximum absolute atomic E-state index is 5.77. The average molecular weight is 217 g/mol. The highest BCUT2D eigenvalue weighted by Crippen LogP contribution is 2.21. The van der Waals surface area contributed by atoms with Crippen molar-refractivity contribution in [2.24, 2.45) is 5.92 Å². The zero-order valence-corrected chi connectivity index (χ0v) is 9.00. The van der Waals surface area contributed by atoms with E-state index in [4.69, 9.17) is 11.6 Å². The van der Waals surface area contributed by atoms with Gasteiger partial charge in [0.1, 0.15) is 5.15 Å². The van der Waals surface area contributed by atoms with Crippen molar-refractivity contribution in [1.82, 2.24) is 10.3 Å². The van der Waals surface area contributed by atoms with Crippen LogP contribution in [0.3, 0.4) is 0 Å². The number of halogens is 1. The lowest BCUT2D eigenvalue weighted by atomic mass is 9.95. The number of thiazole rings is 1. The SMILES string of the molecule is Clc1csc(CC2CCNCC2)n1. The molecule has 0 amide bonds. The quantitative estimate of drug-likeness (QED) is 0.821. The number of hydrogen-bond donors (Lipinski definition) is 1. The minimum atomic E-state index is 0.647. The third-order valence-corrected chi connectivity index (χ3v) is 3.64. The summed E-state index contributed by atoms with van der Waals surface area (Å²) >= 11 is 7.44. The molecule has 0 aliphatic carbocycles. The molecule has 1 aromatic rings. The van der Waals surface area contributed by atoms with E-state index in [2.05, 4.69) is 10.3 Å². The van der Waals surface area contributed by atoms with Crippen molar-refractivity contribution >= 4 is 22.9 Å². The van der Waals surface area contributed by atoms with Crippen molar-refractivity contribution in [3.05, 3.63) is 15.5 Å². The van der Waals surface area contributed by atoms with Crippen LogP contribution in [-0.2, 0) is 6.42 Å². The van der Waals surface area contributed by atoms with Crippen LogP contribution in [-0.4, -0.2) is 18.1 Å². The van der Waals surface area contributed by atoms with Crippen LogP contribution in [0, 0.1) is 5.92 Å². The van der Waals surface area contributed by atoms with E-state index in [0.29, 0.717) is 5.15 Å². The second kappa shape index (κ2) is 4.40. The number of piperidine rings is 1. The maximum atomic E-state index is 5.77. The Balaban J connectivity index is 1.89. The van der Waals surface area contributed by atoms with Crippen LogP contribution >= 0.6 is 22.9 Å². The first-order valence-corrected chi connectivity index (χ1v) is 5.91. The second-order valence-corrected chi connectivity index (χ2v) is 4.79. The van der Waals surface area contributed by atoms with E-state index in [1.165, 1.54) is 17.8 Å². The van der Waals surface area contributed by atoms with Gasteiger partial charge in [0.05, 0.1) is 5.01 Å². The predicted octanol–water partition coefficient (Wildman–Crippen LogP) is 2.34. The molecule has 1 aliphatic heterocycles. The summed E-state index contributed by atoms with van der Waals surface area (Å²) in [7, 11) is 0. The van der Waals surface area contributed by atoms with E-state index in [9.17, 15) is 0 Å². The molecule has 0 radical (unpaired) electrons. The molecule has 0 atom stereocenters. The van der Waals surface area contributed by atoms with Gasteiger partial charge in [-0.25, -0.2) is 4.98 Å². The highest BCUT2D eigenvalue weighted by molar-refractivity contribution is 7.10. The zero-order valence-electron chi connectivity index (χ0n) is 7.42. The molecule has 0 unspecified atom stereocenters. The maximum Gasteiger partial charge on any atom is 0.140 e. The molecule has 4 heteroatoms. The molecule has 0 saturated carbocycles. The first kappa shape index (κ1) is 9.44. The number of aromatic nitrogens is 1. The van der Waals surface area contributed by atoms with Crippen molar-refractivity contribution in [2.45, 2.75) is 19.3 Å². The molecule has 1 aromatic heterocycles. The van der Waals surface area contributed by atoms with Crippen molar-refractivity contribution in [3.8, 4) is 0 Å². The van der Waals surface area contributed by atoms with Gasteiger partial charge in [0.15, 0.2) is 0 Å². The molecule has 2 heterocycles. The van der Waals surface area contributed by atoms with Crippen LogP contribution in [0.25, 0.3) is 0 Å². The van der Waals surface area contributed by atoms with E-state index < -0.39 is 0 Å². The van der Waals surface area contributed by atoms with Crippen LogP contribution < -0.4 is 5.32 Å². The Morgan fingerprint density at radius 1 is 1.54 bits per heavy atom.